The van der Waals surface area contributed by atoms with Gasteiger partial charge in [-0.05, 0) is 36.4 Å². The van der Waals surface area contributed by atoms with Crippen molar-refractivity contribution in [1.29, 1.82) is 0 Å². The van der Waals surface area contributed by atoms with E-state index in [-0.39, 0.29) is 5.75 Å². The van der Waals surface area contributed by atoms with Crippen molar-refractivity contribution in [1.82, 2.24) is 20.0 Å². The maximum atomic E-state index is 9.41. The molecular weight excluding hydrogens is 366 g/mol. The van der Waals surface area contributed by atoms with Gasteiger partial charge in [0, 0.05) is 49.0 Å². The summed E-state index contributed by atoms with van der Waals surface area (Å²) in [5, 5.41) is 14.7. The Morgan fingerprint density at radius 2 is 1.72 bits per heavy atom. The van der Waals surface area contributed by atoms with Gasteiger partial charge in [-0.25, -0.2) is 0 Å². The van der Waals surface area contributed by atoms with Crippen LogP contribution in [0.3, 0.4) is 0 Å². The summed E-state index contributed by atoms with van der Waals surface area (Å²) in [6.07, 6.45) is 1.88. The SMILES string of the molecule is Oc1ccc(-c2nc(CN3CCN(c4ccnc5ccccc45)CC3)no2)cc1. The van der Waals surface area contributed by atoms with Crippen LogP contribution in [0.25, 0.3) is 22.4 Å². The van der Waals surface area contributed by atoms with Crippen LogP contribution in [0.5, 0.6) is 5.75 Å². The van der Waals surface area contributed by atoms with E-state index in [1.807, 2.05) is 12.3 Å². The van der Waals surface area contributed by atoms with Gasteiger partial charge >= 0.3 is 0 Å². The molecule has 29 heavy (non-hydrogen) atoms. The molecule has 7 heteroatoms. The number of piperazine rings is 1. The lowest BCUT2D eigenvalue weighted by Gasteiger charge is -2.36. The minimum Gasteiger partial charge on any atom is -0.508 e. The van der Waals surface area contributed by atoms with Crippen molar-refractivity contribution in [3.05, 3.63) is 66.6 Å². The smallest absolute Gasteiger partial charge is 0.257 e. The van der Waals surface area contributed by atoms with Crippen molar-refractivity contribution in [2.24, 2.45) is 0 Å². The Morgan fingerprint density at radius 1 is 0.931 bits per heavy atom. The van der Waals surface area contributed by atoms with Gasteiger partial charge < -0.3 is 14.5 Å². The molecule has 1 aliphatic heterocycles. The molecule has 146 valence electrons. The van der Waals surface area contributed by atoms with Crippen molar-refractivity contribution in [3.8, 4) is 17.2 Å². The molecule has 3 heterocycles. The van der Waals surface area contributed by atoms with Crippen LogP contribution in [-0.4, -0.2) is 51.3 Å². The zero-order chi connectivity index (χ0) is 19.6. The van der Waals surface area contributed by atoms with Gasteiger partial charge in [-0.1, -0.05) is 23.4 Å². The number of anilines is 1. The summed E-state index contributed by atoms with van der Waals surface area (Å²) in [6.45, 7) is 4.40. The summed E-state index contributed by atoms with van der Waals surface area (Å²) in [4.78, 5) is 13.7. The number of aromatic nitrogens is 3. The Hall–Kier alpha value is -3.45. The van der Waals surface area contributed by atoms with Crippen molar-refractivity contribution in [3.63, 3.8) is 0 Å². The van der Waals surface area contributed by atoms with Crippen LogP contribution in [0.15, 0.2) is 65.3 Å². The molecule has 0 saturated carbocycles. The van der Waals surface area contributed by atoms with Crippen molar-refractivity contribution in [2.45, 2.75) is 6.54 Å². The molecule has 1 saturated heterocycles. The van der Waals surface area contributed by atoms with E-state index in [9.17, 15) is 5.11 Å². The predicted octanol–water partition coefficient (Wildman–Crippen LogP) is 3.31. The first kappa shape index (κ1) is 17.6. The van der Waals surface area contributed by atoms with Crippen molar-refractivity contribution < 1.29 is 9.63 Å². The highest BCUT2D eigenvalue weighted by molar-refractivity contribution is 5.91. The average molecular weight is 387 g/mol. The molecule has 0 unspecified atom stereocenters. The number of hydrogen-bond donors (Lipinski definition) is 1. The third-order valence-electron chi connectivity index (χ3n) is 5.29. The fourth-order valence-corrected chi connectivity index (χ4v) is 3.74. The predicted molar refractivity (Wildman–Crippen MR) is 111 cm³/mol. The summed E-state index contributed by atoms with van der Waals surface area (Å²) in [5.74, 6) is 1.37. The second-order valence-electron chi connectivity index (χ2n) is 7.17. The van der Waals surface area contributed by atoms with Crippen molar-refractivity contribution >= 4 is 16.6 Å². The molecule has 4 aromatic rings. The lowest BCUT2D eigenvalue weighted by atomic mass is 10.1. The van der Waals surface area contributed by atoms with Gasteiger partial charge in [-0.3, -0.25) is 9.88 Å². The molecule has 1 N–H and O–H groups in total. The first-order valence-electron chi connectivity index (χ1n) is 9.69. The summed E-state index contributed by atoms with van der Waals surface area (Å²) < 4.78 is 5.38. The van der Waals surface area contributed by atoms with E-state index in [4.69, 9.17) is 4.52 Å². The Balaban J connectivity index is 1.24. The Kier molecular flexibility index (Phi) is 4.57. The van der Waals surface area contributed by atoms with Crippen LogP contribution in [0.4, 0.5) is 5.69 Å². The topological polar surface area (TPSA) is 78.5 Å². The Morgan fingerprint density at radius 3 is 2.55 bits per heavy atom. The zero-order valence-electron chi connectivity index (χ0n) is 15.9. The molecule has 5 rings (SSSR count). The lowest BCUT2D eigenvalue weighted by Crippen LogP contribution is -2.46. The number of phenolic OH excluding ortho intramolecular Hbond substituents is 1. The first-order valence-corrected chi connectivity index (χ1v) is 9.69. The monoisotopic (exact) mass is 387 g/mol. The number of hydrogen-bond acceptors (Lipinski definition) is 7. The van der Waals surface area contributed by atoms with Crippen LogP contribution in [0.2, 0.25) is 0 Å². The third-order valence-corrected chi connectivity index (χ3v) is 5.29. The highest BCUT2D eigenvalue weighted by atomic mass is 16.5. The van der Waals surface area contributed by atoms with Gasteiger partial charge in [0.2, 0.25) is 0 Å². The van der Waals surface area contributed by atoms with Crippen LogP contribution in [0.1, 0.15) is 5.82 Å². The molecule has 0 amide bonds. The largest absolute Gasteiger partial charge is 0.508 e. The molecule has 7 nitrogen and oxygen atoms in total. The van der Waals surface area contributed by atoms with Crippen LogP contribution >= 0.6 is 0 Å². The number of nitrogens with zero attached hydrogens (tertiary/aromatic N) is 5. The lowest BCUT2D eigenvalue weighted by molar-refractivity contribution is 0.240. The standard InChI is InChI=1S/C22H21N5O2/c28-17-7-5-16(6-8-17)22-24-21(25-29-22)15-26-11-13-27(14-12-26)20-9-10-23-19-4-2-1-3-18(19)20/h1-10,28H,11-15H2. The normalized spacial score (nSPS) is 15.1. The molecule has 1 fully saturated rings. The van der Waals surface area contributed by atoms with E-state index in [0.717, 1.165) is 37.3 Å². The number of pyridine rings is 1. The quantitative estimate of drug-likeness (QED) is 0.575. The molecule has 0 aliphatic carbocycles. The van der Waals surface area contributed by atoms with Crippen LogP contribution in [-0.2, 0) is 6.54 Å². The molecule has 0 radical (unpaired) electrons. The second kappa shape index (κ2) is 7.52. The second-order valence-corrected chi connectivity index (χ2v) is 7.17. The number of phenols is 1. The summed E-state index contributed by atoms with van der Waals surface area (Å²) >= 11 is 0. The molecule has 0 bridgehead atoms. The molecule has 1 aliphatic rings. The first-order chi connectivity index (χ1) is 14.3. The molecule has 0 spiro atoms. The van der Waals surface area contributed by atoms with E-state index >= 15 is 0 Å². The fourth-order valence-electron chi connectivity index (χ4n) is 3.74. The van der Waals surface area contributed by atoms with Gasteiger partial charge in [-0.2, -0.15) is 4.98 Å². The Labute approximate surface area is 168 Å². The zero-order valence-corrected chi connectivity index (χ0v) is 15.9. The number of benzene rings is 2. The van der Waals surface area contributed by atoms with E-state index in [0.29, 0.717) is 18.3 Å². The van der Waals surface area contributed by atoms with E-state index in [1.165, 1.54) is 11.1 Å². The molecule has 2 aromatic carbocycles. The van der Waals surface area contributed by atoms with Gasteiger partial charge in [-0.15, -0.1) is 0 Å². The van der Waals surface area contributed by atoms with Crippen LogP contribution < -0.4 is 4.90 Å². The van der Waals surface area contributed by atoms with Gasteiger partial charge in [0.15, 0.2) is 5.82 Å². The number of para-hydroxylation sites is 1. The maximum absolute atomic E-state index is 9.41. The maximum Gasteiger partial charge on any atom is 0.257 e. The fraction of sp³-hybridized carbons (Fsp3) is 0.227. The van der Waals surface area contributed by atoms with Gasteiger partial charge in [0.1, 0.15) is 5.75 Å². The number of fused-ring (bicyclic) bond motifs is 1. The molecule has 2 aromatic heterocycles. The molecular formula is C22H21N5O2. The van der Waals surface area contributed by atoms with Gasteiger partial charge in [0.25, 0.3) is 5.89 Å². The third kappa shape index (κ3) is 3.64. The average Bonchev–Trinajstić information content (AvgIpc) is 3.23. The summed E-state index contributed by atoms with van der Waals surface area (Å²) in [6, 6.07) is 17.1. The van der Waals surface area contributed by atoms with Crippen molar-refractivity contribution in [2.75, 3.05) is 31.1 Å². The molecule has 0 atom stereocenters. The van der Waals surface area contributed by atoms with Gasteiger partial charge in [0.05, 0.1) is 12.1 Å². The summed E-state index contributed by atoms with van der Waals surface area (Å²) in [7, 11) is 0. The minimum absolute atomic E-state index is 0.216. The van der Waals surface area contributed by atoms with E-state index < -0.39 is 0 Å². The minimum atomic E-state index is 0.216. The number of rotatable bonds is 4. The van der Waals surface area contributed by atoms with Crippen LogP contribution in [0, 0.1) is 0 Å². The number of aromatic hydroxyl groups is 1. The van der Waals surface area contributed by atoms with E-state index in [1.54, 1.807) is 24.3 Å². The highest BCUT2D eigenvalue weighted by Crippen LogP contribution is 2.26. The highest BCUT2D eigenvalue weighted by Gasteiger charge is 2.20. The summed E-state index contributed by atoms with van der Waals surface area (Å²) in [5.41, 5.74) is 3.07. The Bertz CT molecular complexity index is 1110. The van der Waals surface area contributed by atoms with E-state index in [2.05, 4.69) is 49.2 Å².